The number of amides is 1. The number of carbonyl (C=O) groups is 1. The Morgan fingerprint density at radius 1 is 0.897 bits per heavy atom. The van der Waals surface area contributed by atoms with Gasteiger partial charge in [0.05, 0.1) is 11.2 Å². The van der Waals surface area contributed by atoms with Crippen molar-refractivity contribution < 1.29 is 4.79 Å². The topological polar surface area (TPSA) is 59.8 Å². The molecule has 0 atom stereocenters. The number of rotatable bonds is 3. The van der Waals surface area contributed by atoms with Crippen molar-refractivity contribution in [1.82, 2.24) is 14.8 Å². The van der Waals surface area contributed by atoms with Gasteiger partial charge in [-0.2, -0.15) is 5.10 Å². The van der Waals surface area contributed by atoms with Gasteiger partial charge in [0, 0.05) is 22.5 Å². The summed E-state index contributed by atoms with van der Waals surface area (Å²) >= 11 is 0. The summed E-state index contributed by atoms with van der Waals surface area (Å²) in [7, 11) is 0. The van der Waals surface area contributed by atoms with E-state index in [2.05, 4.69) is 29.4 Å². The molecule has 0 saturated heterocycles. The first-order chi connectivity index (χ1) is 14.2. The van der Waals surface area contributed by atoms with Gasteiger partial charge in [-0.1, -0.05) is 48.5 Å². The molecule has 1 amide bonds. The highest BCUT2D eigenvalue weighted by molar-refractivity contribution is 6.13. The second-order valence-electron chi connectivity index (χ2n) is 6.97. The van der Waals surface area contributed by atoms with E-state index in [9.17, 15) is 4.79 Å². The summed E-state index contributed by atoms with van der Waals surface area (Å²) in [5.74, 6) is 0.249. The minimum absolute atomic E-state index is 0.209. The molecule has 0 aliphatic heterocycles. The Labute approximate surface area is 167 Å². The number of fused-ring (bicyclic) bond motifs is 3. The van der Waals surface area contributed by atoms with Gasteiger partial charge in [0.2, 0.25) is 0 Å². The highest BCUT2D eigenvalue weighted by atomic mass is 16.1. The number of hydrogen-bond acceptors (Lipinski definition) is 3. The van der Waals surface area contributed by atoms with Crippen molar-refractivity contribution >= 4 is 33.5 Å². The van der Waals surface area contributed by atoms with Crippen molar-refractivity contribution in [1.29, 1.82) is 0 Å². The first-order valence-electron chi connectivity index (χ1n) is 9.40. The summed E-state index contributed by atoms with van der Waals surface area (Å²) in [6, 6.07) is 25.1. The van der Waals surface area contributed by atoms with Crippen LogP contribution in [0.25, 0.3) is 27.5 Å². The Bertz CT molecular complexity index is 1360. The predicted molar refractivity (Wildman–Crippen MR) is 116 cm³/mol. The molecule has 2 heterocycles. The highest BCUT2D eigenvalue weighted by Gasteiger charge is 2.16. The summed E-state index contributed by atoms with van der Waals surface area (Å²) in [5.41, 5.74) is 4.17. The first kappa shape index (κ1) is 17.1. The predicted octanol–water partition coefficient (Wildman–Crippen LogP) is 5.13. The Hall–Kier alpha value is -3.99. The molecule has 5 rings (SSSR count). The van der Waals surface area contributed by atoms with Gasteiger partial charge in [-0.05, 0) is 42.8 Å². The van der Waals surface area contributed by atoms with E-state index in [0.717, 1.165) is 27.5 Å². The number of aryl methyl sites for hydroxylation is 1. The maximum atomic E-state index is 12.7. The number of benzene rings is 3. The van der Waals surface area contributed by atoms with E-state index < -0.39 is 0 Å². The lowest BCUT2D eigenvalue weighted by atomic mass is 10.1. The Morgan fingerprint density at radius 2 is 1.69 bits per heavy atom. The number of nitrogens with one attached hydrogen (secondary N) is 1. The van der Waals surface area contributed by atoms with E-state index in [1.807, 2.05) is 65.5 Å². The van der Waals surface area contributed by atoms with Gasteiger partial charge < -0.3 is 5.32 Å². The lowest BCUT2D eigenvalue weighted by Crippen LogP contribution is -2.13. The molecular weight excluding hydrogens is 360 g/mol. The fourth-order valence-corrected chi connectivity index (χ4v) is 3.48. The van der Waals surface area contributed by atoms with Gasteiger partial charge in [-0.3, -0.25) is 4.79 Å². The maximum Gasteiger partial charge on any atom is 0.256 e. The van der Waals surface area contributed by atoms with Crippen LogP contribution in [0.5, 0.6) is 0 Å². The summed E-state index contributed by atoms with van der Waals surface area (Å²) in [4.78, 5) is 17.4. The molecule has 0 aliphatic carbocycles. The molecule has 29 heavy (non-hydrogen) atoms. The summed E-state index contributed by atoms with van der Waals surface area (Å²) < 4.78 is 1.84. The van der Waals surface area contributed by atoms with Crippen molar-refractivity contribution in [2.75, 3.05) is 5.32 Å². The number of carbonyl (C=O) groups excluding carboxylic acids is 1. The largest absolute Gasteiger partial charge is 0.305 e. The van der Waals surface area contributed by atoms with Crippen LogP contribution in [-0.2, 0) is 0 Å². The molecule has 140 valence electrons. The lowest BCUT2D eigenvalue weighted by Gasteiger charge is -2.07. The summed E-state index contributed by atoms with van der Waals surface area (Å²) in [5, 5.41) is 9.65. The molecule has 5 heteroatoms. The molecule has 5 aromatic rings. The molecule has 1 N–H and O–H groups in total. The lowest BCUT2D eigenvalue weighted by molar-refractivity contribution is 0.102. The van der Waals surface area contributed by atoms with Crippen LogP contribution >= 0.6 is 0 Å². The van der Waals surface area contributed by atoms with Crippen LogP contribution in [0.1, 0.15) is 15.9 Å². The number of hydrogen-bond donors (Lipinski definition) is 1. The molecule has 0 saturated carbocycles. The van der Waals surface area contributed by atoms with Crippen LogP contribution in [0, 0.1) is 6.92 Å². The Balaban J connectivity index is 1.69. The van der Waals surface area contributed by atoms with Crippen LogP contribution in [0.2, 0.25) is 0 Å². The normalized spacial score (nSPS) is 11.1. The second-order valence-corrected chi connectivity index (χ2v) is 6.97. The average Bonchev–Trinajstić information content (AvgIpc) is 3.21. The van der Waals surface area contributed by atoms with E-state index in [4.69, 9.17) is 5.10 Å². The number of aromatic nitrogens is 3. The second kappa shape index (κ2) is 6.87. The Kier molecular flexibility index (Phi) is 4.06. The van der Waals surface area contributed by atoms with Crippen LogP contribution in [0.15, 0.2) is 85.1 Å². The molecule has 0 spiro atoms. The number of nitrogens with zero attached hydrogens (tertiary/aromatic N) is 3. The molecular formula is C24H18N4O. The third-order valence-corrected chi connectivity index (χ3v) is 4.90. The first-order valence-corrected chi connectivity index (χ1v) is 9.40. The molecule has 0 aliphatic rings. The Morgan fingerprint density at radius 3 is 2.52 bits per heavy atom. The van der Waals surface area contributed by atoms with Crippen molar-refractivity contribution in [3.8, 4) is 5.69 Å². The van der Waals surface area contributed by atoms with E-state index in [1.54, 1.807) is 12.1 Å². The van der Waals surface area contributed by atoms with Crippen molar-refractivity contribution in [3.63, 3.8) is 0 Å². The quantitative estimate of drug-likeness (QED) is 0.473. The van der Waals surface area contributed by atoms with Crippen LogP contribution < -0.4 is 5.32 Å². The summed E-state index contributed by atoms with van der Waals surface area (Å²) in [6.45, 7) is 2.05. The molecule has 2 aromatic heterocycles. The molecule has 0 radical (unpaired) electrons. The van der Waals surface area contributed by atoms with Crippen LogP contribution in [0.4, 0.5) is 5.82 Å². The van der Waals surface area contributed by atoms with E-state index in [0.29, 0.717) is 16.9 Å². The monoisotopic (exact) mass is 378 g/mol. The van der Waals surface area contributed by atoms with Crippen molar-refractivity contribution in [3.05, 3.63) is 96.2 Å². The van der Waals surface area contributed by atoms with E-state index in [-0.39, 0.29) is 5.91 Å². The van der Waals surface area contributed by atoms with Gasteiger partial charge in [0.25, 0.3) is 5.91 Å². The standard InChI is InChI=1S/C24H18N4O/c1-16-8-7-11-18(14-16)28-15-20-19-12-5-6-13-21(19)25-23(22(20)27-28)26-24(29)17-9-3-2-4-10-17/h2-15H,1H3,(H,25,26,29). The average molecular weight is 378 g/mol. The van der Waals surface area contributed by atoms with Crippen molar-refractivity contribution in [2.24, 2.45) is 0 Å². The van der Waals surface area contributed by atoms with Gasteiger partial charge in [0.15, 0.2) is 5.82 Å². The number of pyridine rings is 1. The molecule has 0 fully saturated rings. The van der Waals surface area contributed by atoms with Gasteiger partial charge in [-0.15, -0.1) is 0 Å². The zero-order chi connectivity index (χ0) is 19.8. The molecule has 0 unspecified atom stereocenters. The SMILES string of the molecule is Cc1cccc(-n2cc3c(n2)c(NC(=O)c2ccccc2)nc2ccccc23)c1. The number of anilines is 1. The van der Waals surface area contributed by atoms with E-state index in [1.165, 1.54) is 0 Å². The van der Waals surface area contributed by atoms with Crippen molar-refractivity contribution in [2.45, 2.75) is 6.92 Å². The molecule has 3 aromatic carbocycles. The zero-order valence-electron chi connectivity index (χ0n) is 15.8. The maximum absolute atomic E-state index is 12.7. The third kappa shape index (κ3) is 3.12. The molecule has 0 bridgehead atoms. The number of para-hydroxylation sites is 1. The molecule has 5 nitrogen and oxygen atoms in total. The smallest absolute Gasteiger partial charge is 0.256 e. The minimum atomic E-state index is -0.209. The van der Waals surface area contributed by atoms with E-state index >= 15 is 0 Å². The third-order valence-electron chi connectivity index (χ3n) is 4.90. The van der Waals surface area contributed by atoms with Gasteiger partial charge in [-0.25, -0.2) is 9.67 Å². The zero-order valence-corrected chi connectivity index (χ0v) is 15.8. The van der Waals surface area contributed by atoms with Crippen LogP contribution in [-0.4, -0.2) is 20.7 Å². The highest BCUT2D eigenvalue weighted by Crippen LogP contribution is 2.29. The minimum Gasteiger partial charge on any atom is -0.305 e. The van der Waals surface area contributed by atoms with Gasteiger partial charge in [0.1, 0.15) is 5.52 Å². The fourth-order valence-electron chi connectivity index (χ4n) is 3.48. The van der Waals surface area contributed by atoms with Crippen LogP contribution in [0.3, 0.4) is 0 Å². The van der Waals surface area contributed by atoms with Gasteiger partial charge >= 0.3 is 0 Å². The fraction of sp³-hybridized carbons (Fsp3) is 0.0417. The summed E-state index contributed by atoms with van der Waals surface area (Å²) in [6.07, 6.45) is 1.99.